The Morgan fingerprint density at radius 2 is 2.24 bits per heavy atom. The number of hydrogen-bond acceptors (Lipinski definition) is 3. The molecule has 4 heteroatoms. The van der Waals surface area contributed by atoms with Crippen molar-refractivity contribution in [2.24, 2.45) is 5.92 Å². The molecule has 1 heterocycles. The summed E-state index contributed by atoms with van der Waals surface area (Å²) in [5.41, 5.74) is 0. The van der Waals surface area contributed by atoms with E-state index < -0.39 is 0 Å². The van der Waals surface area contributed by atoms with E-state index in [0.29, 0.717) is 25.4 Å². The van der Waals surface area contributed by atoms with Gasteiger partial charge in [0.2, 0.25) is 0 Å². The summed E-state index contributed by atoms with van der Waals surface area (Å²) < 4.78 is 0. The number of nitriles is 1. The number of thiophene rings is 1. The molecule has 3 nitrogen and oxygen atoms in total. The minimum absolute atomic E-state index is 0.0482. The van der Waals surface area contributed by atoms with E-state index in [0.717, 1.165) is 9.75 Å². The largest absolute Gasteiger partial charge is 0.337 e. The molecule has 0 atom stereocenters. The topological polar surface area (TPSA) is 44.1 Å². The van der Waals surface area contributed by atoms with Crippen molar-refractivity contribution in [3.05, 3.63) is 21.9 Å². The molecular formula is C13H18N2OS. The quantitative estimate of drug-likeness (QED) is 0.806. The Hall–Kier alpha value is -1.34. The fourth-order valence-electron chi connectivity index (χ4n) is 1.61. The van der Waals surface area contributed by atoms with Crippen LogP contribution >= 0.6 is 11.3 Å². The van der Waals surface area contributed by atoms with E-state index >= 15 is 0 Å². The summed E-state index contributed by atoms with van der Waals surface area (Å²) in [6.07, 6.45) is 0.392. The molecule has 0 unspecified atom stereocenters. The Kier molecular flexibility index (Phi) is 5.17. The van der Waals surface area contributed by atoms with Gasteiger partial charge in [-0.3, -0.25) is 4.79 Å². The average Bonchev–Trinajstić information content (AvgIpc) is 2.69. The van der Waals surface area contributed by atoms with E-state index in [1.54, 1.807) is 4.90 Å². The maximum absolute atomic E-state index is 12.2. The maximum atomic E-state index is 12.2. The zero-order chi connectivity index (χ0) is 12.8. The Bertz CT molecular complexity index is 417. The molecule has 0 aliphatic heterocycles. The number of nitrogens with zero attached hydrogens (tertiary/aromatic N) is 2. The lowest BCUT2D eigenvalue weighted by Gasteiger charge is -2.22. The second-order valence-corrected chi connectivity index (χ2v) is 5.75. The van der Waals surface area contributed by atoms with Crippen LogP contribution in [-0.2, 0) is 0 Å². The van der Waals surface area contributed by atoms with Gasteiger partial charge in [0.1, 0.15) is 0 Å². The minimum atomic E-state index is 0.0482. The lowest BCUT2D eigenvalue weighted by atomic mass is 10.2. The highest BCUT2D eigenvalue weighted by atomic mass is 32.1. The predicted octanol–water partition coefficient (Wildman–Crippen LogP) is 3.07. The van der Waals surface area contributed by atoms with Crippen molar-refractivity contribution in [3.63, 3.8) is 0 Å². The van der Waals surface area contributed by atoms with Crippen LogP contribution in [0.4, 0.5) is 0 Å². The molecule has 1 aromatic heterocycles. The number of rotatable bonds is 5. The summed E-state index contributed by atoms with van der Waals surface area (Å²) in [6, 6.07) is 5.91. The van der Waals surface area contributed by atoms with Gasteiger partial charge in [-0.15, -0.1) is 11.3 Å². The highest BCUT2D eigenvalue weighted by Crippen LogP contribution is 2.18. The molecule has 1 amide bonds. The number of aryl methyl sites for hydroxylation is 1. The summed E-state index contributed by atoms with van der Waals surface area (Å²) in [6.45, 7) is 7.37. The smallest absolute Gasteiger partial charge is 0.263 e. The second kappa shape index (κ2) is 6.41. The van der Waals surface area contributed by atoms with Crippen LogP contribution in [0.25, 0.3) is 0 Å². The van der Waals surface area contributed by atoms with Gasteiger partial charge in [-0.1, -0.05) is 13.8 Å². The molecule has 17 heavy (non-hydrogen) atoms. The van der Waals surface area contributed by atoms with Gasteiger partial charge in [-0.05, 0) is 25.0 Å². The van der Waals surface area contributed by atoms with Crippen molar-refractivity contribution in [2.75, 3.05) is 13.1 Å². The van der Waals surface area contributed by atoms with Crippen molar-refractivity contribution in [1.82, 2.24) is 4.90 Å². The molecular weight excluding hydrogens is 232 g/mol. The Morgan fingerprint density at radius 1 is 1.53 bits per heavy atom. The van der Waals surface area contributed by atoms with Crippen molar-refractivity contribution in [2.45, 2.75) is 27.2 Å². The molecule has 0 spiro atoms. The van der Waals surface area contributed by atoms with Gasteiger partial charge in [0.25, 0.3) is 5.91 Å². The molecule has 0 bridgehead atoms. The summed E-state index contributed by atoms with van der Waals surface area (Å²) in [5, 5.41) is 8.62. The molecule has 0 saturated heterocycles. The first kappa shape index (κ1) is 13.7. The van der Waals surface area contributed by atoms with Gasteiger partial charge in [-0.25, -0.2) is 0 Å². The van der Waals surface area contributed by atoms with E-state index in [1.165, 1.54) is 11.3 Å². The number of carbonyl (C=O) groups excluding carboxylic acids is 1. The lowest BCUT2D eigenvalue weighted by molar-refractivity contribution is 0.0745. The zero-order valence-electron chi connectivity index (χ0n) is 10.6. The van der Waals surface area contributed by atoms with Crippen LogP contribution in [0, 0.1) is 24.2 Å². The van der Waals surface area contributed by atoms with E-state index in [2.05, 4.69) is 19.9 Å². The monoisotopic (exact) mass is 250 g/mol. The molecule has 1 rings (SSSR count). The van der Waals surface area contributed by atoms with Crippen LogP contribution < -0.4 is 0 Å². The molecule has 92 valence electrons. The number of hydrogen-bond donors (Lipinski definition) is 0. The van der Waals surface area contributed by atoms with Crippen molar-refractivity contribution in [3.8, 4) is 6.07 Å². The first-order valence-electron chi connectivity index (χ1n) is 5.77. The van der Waals surface area contributed by atoms with Gasteiger partial charge < -0.3 is 4.90 Å². The van der Waals surface area contributed by atoms with E-state index in [9.17, 15) is 4.79 Å². The van der Waals surface area contributed by atoms with Gasteiger partial charge in [0, 0.05) is 18.0 Å². The van der Waals surface area contributed by atoms with Gasteiger partial charge in [0.05, 0.1) is 17.4 Å². The van der Waals surface area contributed by atoms with Crippen LogP contribution in [0.15, 0.2) is 12.1 Å². The van der Waals surface area contributed by atoms with Crippen molar-refractivity contribution in [1.29, 1.82) is 5.26 Å². The number of carbonyl (C=O) groups is 1. The van der Waals surface area contributed by atoms with Gasteiger partial charge in [0.15, 0.2) is 0 Å². The molecule has 0 radical (unpaired) electrons. The SMILES string of the molecule is Cc1ccc(C(=O)N(CCC#N)CC(C)C)s1. The molecule has 0 fully saturated rings. The van der Waals surface area contributed by atoms with Crippen LogP contribution in [0.3, 0.4) is 0 Å². The van der Waals surface area contributed by atoms with Gasteiger partial charge >= 0.3 is 0 Å². The summed E-state index contributed by atoms with van der Waals surface area (Å²) in [4.78, 5) is 15.9. The summed E-state index contributed by atoms with van der Waals surface area (Å²) >= 11 is 1.51. The van der Waals surface area contributed by atoms with Gasteiger partial charge in [-0.2, -0.15) is 5.26 Å². The van der Waals surface area contributed by atoms with Crippen LogP contribution in [0.2, 0.25) is 0 Å². The summed E-state index contributed by atoms with van der Waals surface area (Å²) in [5.74, 6) is 0.464. The first-order valence-corrected chi connectivity index (χ1v) is 6.59. The normalized spacial score (nSPS) is 10.3. The first-order chi connectivity index (χ1) is 8.04. The van der Waals surface area contributed by atoms with Crippen LogP contribution in [0.5, 0.6) is 0 Å². The Labute approximate surface area is 107 Å². The molecule has 0 aliphatic carbocycles. The third-order valence-electron chi connectivity index (χ3n) is 2.32. The van der Waals surface area contributed by atoms with E-state index in [-0.39, 0.29) is 5.91 Å². The average molecular weight is 250 g/mol. The molecule has 0 N–H and O–H groups in total. The Balaban J connectivity index is 2.75. The highest BCUT2D eigenvalue weighted by molar-refractivity contribution is 7.13. The molecule has 1 aromatic rings. The zero-order valence-corrected chi connectivity index (χ0v) is 11.4. The number of amides is 1. The highest BCUT2D eigenvalue weighted by Gasteiger charge is 2.17. The Morgan fingerprint density at radius 3 is 2.71 bits per heavy atom. The minimum Gasteiger partial charge on any atom is -0.337 e. The van der Waals surface area contributed by atoms with Crippen molar-refractivity contribution < 1.29 is 4.79 Å². The van der Waals surface area contributed by atoms with Crippen LogP contribution in [0.1, 0.15) is 34.8 Å². The predicted molar refractivity (Wildman–Crippen MR) is 70.0 cm³/mol. The third kappa shape index (κ3) is 4.20. The van der Waals surface area contributed by atoms with E-state index in [4.69, 9.17) is 5.26 Å². The molecule has 0 aromatic carbocycles. The fourth-order valence-corrected chi connectivity index (χ4v) is 2.44. The second-order valence-electron chi connectivity index (χ2n) is 4.46. The summed E-state index contributed by atoms with van der Waals surface area (Å²) in [7, 11) is 0. The van der Waals surface area contributed by atoms with Crippen molar-refractivity contribution >= 4 is 17.2 Å². The molecule has 0 aliphatic rings. The molecule has 0 saturated carbocycles. The fraction of sp³-hybridized carbons (Fsp3) is 0.538. The maximum Gasteiger partial charge on any atom is 0.263 e. The van der Waals surface area contributed by atoms with E-state index in [1.807, 2.05) is 19.1 Å². The van der Waals surface area contributed by atoms with Crippen LogP contribution in [-0.4, -0.2) is 23.9 Å². The third-order valence-corrected chi connectivity index (χ3v) is 3.31. The standard InChI is InChI=1S/C13H18N2OS/c1-10(2)9-15(8-4-7-14)13(16)12-6-5-11(3)17-12/h5-6,10H,4,8-9H2,1-3H3. The lowest BCUT2D eigenvalue weighted by Crippen LogP contribution is -2.34.